The Balaban J connectivity index is 1.44. The van der Waals surface area contributed by atoms with Crippen LogP contribution in [0.4, 0.5) is 0 Å². The van der Waals surface area contributed by atoms with Crippen LogP contribution >= 0.6 is 11.8 Å². The molecule has 1 aliphatic heterocycles. The predicted octanol–water partition coefficient (Wildman–Crippen LogP) is 3.31. The summed E-state index contributed by atoms with van der Waals surface area (Å²) in [5, 5.41) is 3.04. The van der Waals surface area contributed by atoms with Gasteiger partial charge in [-0.05, 0) is 24.0 Å². The van der Waals surface area contributed by atoms with Crippen LogP contribution in [0, 0.1) is 0 Å². The van der Waals surface area contributed by atoms with Crippen molar-refractivity contribution in [2.45, 2.75) is 31.7 Å². The van der Waals surface area contributed by atoms with E-state index in [2.05, 4.69) is 17.4 Å². The molecule has 0 saturated carbocycles. The molecule has 1 fully saturated rings. The van der Waals surface area contributed by atoms with Crippen LogP contribution < -0.4 is 5.32 Å². The number of amides is 2. The average molecular weight is 397 g/mol. The first kappa shape index (κ1) is 20.5. The Morgan fingerprint density at radius 2 is 1.54 bits per heavy atom. The molecular formula is C23H28N2O2S. The Morgan fingerprint density at radius 1 is 0.929 bits per heavy atom. The van der Waals surface area contributed by atoms with Gasteiger partial charge in [0.05, 0.1) is 6.04 Å². The fourth-order valence-electron chi connectivity index (χ4n) is 3.41. The number of hydrogen-bond acceptors (Lipinski definition) is 3. The molecule has 1 N–H and O–H groups in total. The van der Waals surface area contributed by atoms with Crippen LogP contribution in [0.25, 0.3) is 0 Å². The normalized spacial score (nSPS) is 16.6. The van der Waals surface area contributed by atoms with E-state index in [0.29, 0.717) is 19.4 Å². The molecule has 1 saturated heterocycles. The van der Waals surface area contributed by atoms with Gasteiger partial charge < -0.3 is 10.2 Å². The zero-order valence-electron chi connectivity index (χ0n) is 16.2. The smallest absolute Gasteiger partial charge is 0.223 e. The number of hydrogen-bond donors (Lipinski definition) is 1. The van der Waals surface area contributed by atoms with Crippen molar-refractivity contribution in [3.05, 3.63) is 71.8 Å². The molecule has 1 aliphatic rings. The van der Waals surface area contributed by atoms with Crippen LogP contribution in [0.3, 0.4) is 0 Å². The number of aryl methyl sites for hydroxylation is 2. The third-order valence-corrected chi connectivity index (χ3v) is 6.13. The van der Waals surface area contributed by atoms with Crippen LogP contribution in [-0.4, -0.2) is 47.4 Å². The molecule has 3 rings (SSSR count). The van der Waals surface area contributed by atoms with Gasteiger partial charge in [-0.2, -0.15) is 11.8 Å². The second-order valence-electron chi connectivity index (χ2n) is 7.09. The van der Waals surface area contributed by atoms with Gasteiger partial charge in [0.25, 0.3) is 0 Å². The Hall–Kier alpha value is -2.27. The van der Waals surface area contributed by atoms with Gasteiger partial charge in [-0.15, -0.1) is 0 Å². The SMILES string of the molecule is O=C(CCc1ccccc1)NC[C@@H]1CSCCN1C(=O)CCc1ccccc1. The zero-order chi connectivity index (χ0) is 19.6. The maximum Gasteiger partial charge on any atom is 0.223 e. The molecule has 5 heteroatoms. The van der Waals surface area contributed by atoms with Gasteiger partial charge in [-0.3, -0.25) is 9.59 Å². The summed E-state index contributed by atoms with van der Waals surface area (Å²) in [5.74, 6) is 2.09. The quantitative estimate of drug-likeness (QED) is 0.745. The Labute approximate surface area is 171 Å². The Kier molecular flexibility index (Phi) is 7.97. The number of nitrogens with zero attached hydrogens (tertiary/aromatic N) is 1. The van der Waals surface area contributed by atoms with Crippen molar-refractivity contribution >= 4 is 23.6 Å². The molecule has 2 amide bonds. The zero-order valence-corrected chi connectivity index (χ0v) is 17.0. The van der Waals surface area contributed by atoms with Gasteiger partial charge in [0.15, 0.2) is 0 Å². The van der Waals surface area contributed by atoms with Gasteiger partial charge in [0.1, 0.15) is 0 Å². The molecular weight excluding hydrogens is 368 g/mol. The van der Waals surface area contributed by atoms with Crippen LogP contribution in [0.1, 0.15) is 24.0 Å². The maximum atomic E-state index is 12.7. The third-order valence-electron chi connectivity index (χ3n) is 5.04. The predicted molar refractivity (Wildman–Crippen MR) is 115 cm³/mol. The fourth-order valence-corrected chi connectivity index (χ4v) is 4.48. The van der Waals surface area contributed by atoms with Gasteiger partial charge in [-0.25, -0.2) is 0 Å². The number of rotatable bonds is 8. The summed E-state index contributed by atoms with van der Waals surface area (Å²) in [6.45, 7) is 1.31. The standard InChI is InChI=1S/C23H28N2O2S/c26-22(13-11-19-7-3-1-4-8-19)24-17-21-18-28-16-15-25(21)23(27)14-12-20-9-5-2-6-10-20/h1-10,21H,11-18H2,(H,24,26)/t21-/m1/s1. The number of thioether (sulfide) groups is 1. The molecule has 4 nitrogen and oxygen atoms in total. The Bertz CT molecular complexity index is 752. The summed E-state index contributed by atoms with van der Waals surface area (Å²) in [6, 6.07) is 20.2. The third kappa shape index (κ3) is 6.41. The molecule has 28 heavy (non-hydrogen) atoms. The maximum absolute atomic E-state index is 12.7. The van der Waals surface area contributed by atoms with Crippen molar-refractivity contribution in [1.82, 2.24) is 10.2 Å². The van der Waals surface area contributed by atoms with Crippen LogP contribution in [0.15, 0.2) is 60.7 Å². The summed E-state index contributed by atoms with van der Waals surface area (Å²) >= 11 is 1.86. The van der Waals surface area contributed by atoms with E-state index in [1.165, 1.54) is 11.1 Å². The van der Waals surface area contributed by atoms with Gasteiger partial charge >= 0.3 is 0 Å². The van der Waals surface area contributed by atoms with E-state index < -0.39 is 0 Å². The Morgan fingerprint density at radius 3 is 2.18 bits per heavy atom. The summed E-state index contributed by atoms with van der Waals surface area (Å²) in [6.07, 6.45) is 2.50. The molecule has 1 heterocycles. The highest BCUT2D eigenvalue weighted by Crippen LogP contribution is 2.18. The number of nitrogens with one attached hydrogen (secondary N) is 1. The molecule has 0 unspecified atom stereocenters. The second kappa shape index (κ2) is 10.9. The molecule has 0 radical (unpaired) electrons. The van der Waals surface area contributed by atoms with Crippen LogP contribution in [0.2, 0.25) is 0 Å². The average Bonchev–Trinajstić information content (AvgIpc) is 2.76. The molecule has 148 valence electrons. The molecule has 0 aliphatic carbocycles. The van der Waals surface area contributed by atoms with E-state index in [9.17, 15) is 9.59 Å². The lowest BCUT2D eigenvalue weighted by atomic mass is 10.1. The summed E-state index contributed by atoms with van der Waals surface area (Å²) < 4.78 is 0. The first-order valence-electron chi connectivity index (χ1n) is 9.94. The molecule has 0 spiro atoms. The highest BCUT2D eigenvalue weighted by molar-refractivity contribution is 7.99. The van der Waals surface area contributed by atoms with Gasteiger partial charge in [0.2, 0.25) is 11.8 Å². The van der Waals surface area contributed by atoms with Crippen molar-refractivity contribution in [2.75, 3.05) is 24.6 Å². The summed E-state index contributed by atoms with van der Waals surface area (Å²) in [7, 11) is 0. The van der Waals surface area contributed by atoms with E-state index in [1.54, 1.807) is 0 Å². The van der Waals surface area contributed by atoms with Gasteiger partial charge in [0, 0.05) is 37.4 Å². The number of benzene rings is 2. The second-order valence-corrected chi connectivity index (χ2v) is 8.24. The molecule has 1 atom stereocenters. The lowest BCUT2D eigenvalue weighted by molar-refractivity contribution is -0.133. The minimum Gasteiger partial charge on any atom is -0.354 e. The number of carbonyl (C=O) groups is 2. The van der Waals surface area contributed by atoms with E-state index in [0.717, 1.165) is 30.9 Å². The van der Waals surface area contributed by atoms with Crippen LogP contribution in [0.5, 0.6) is 0 Å². The molecule has 2 aromatic rings. The van der Waals surface area contributed by atoms with Crippen molar-refractivity contribution in [3.8, 4) is 0 Å². The van der Waals surface area contributed by atoms with E-state index in [-0.39, 0.29) is 17.9 Å². The van der Waals surface area contributed by atoms with E-state index in [4.69, 9.17) is 0 Å². The molecule has 0 aromatic heterocycles. The lowest BCUT2D eigenvalue weighted by Gasteiger charge is -2.35. The summed E-state index contributed by atoms with van der Waals surface area (Å²) in [5.41, 5.74) is 2.36. The molecule has 0 bridgehead atoms. The highest BCUT2D eigenvalue weighted by Gasteiger charge is 2.27. The first-order chi connectivity index (χ1) is 13.7. The minimum absolute atomic E-state index is 0.0520. The van der Waals surface area contributed by atoms with Crippen molar-refractivity contribution in [3.63, 3.8) is 0 Å². The number of carbonyl (C=O) groups excluding carboxylic acids is 2. The van der Waals surface area contributed by atoms with Gasteiger partial charge in [-0.1, -0.05) is 60.7 Å². The van der Waals surface area contributed by atoms with Crippen LogP contribution in [-0.2, 0) is 22.4 Å². The lowest BCUT2D eigenvalue weighted by Crippen LogP contribution is -2.51. The topological polar surface area (TPSA) is 49.4 Å². The highest BCUT2D eigenvalue weighted by atomic mass is 32.2. The molecule has 2 aromatic carbocycles. The van der Waals surface area contributed by atoms with E-state index >= 15 is 0 Å². The fraction of sp³-hybridized carbons (Fsp3) is 0.391. The summed E-state index contributed by atoms with van der Waals surface area (Å²) in [4.78, 5) is 26.9. The van der Waals surface area contributed by atoms with Crippen molar-refractivity contribution < 1.29 is 9.59 Å². The van der Waals surface area contributed by atoms with Crippen molar-refractivity contribution in [1.29, 1.82) is 0 Å². The largest absolute Gasteiger partial charge is 0.354 e. The first-order valence-corrected chi connectivity index (χ1v) is 11.1. The minimum atomic E-state index is 0.0520. The monoisotopic (exact) mass is 396 g/mol. The van der Waals surface area contributed by atoms with Crippen molar-refractivity contribution in [2.24, 2.45) is 0 Å². The van der Waals surface area contributed by atoms with E-state index in [1.807, 2.05) is 65.2 Å².